The van der Waals surface area contributed by atoms with Crippen LogP contribution < -0.4 is 0 Å². The molecule has 0 unspecified atom stereocenters. The van der Waals surface area contributed by atoms with Gasteiger partial charge >= 0.3 is 0 Å². The van der Waals surface area contributed by atoms with Gasteiger partial charge in [0, 0.05) is 4.90 Å². The third-order valence-electron chi connectivity index (χ3n) is 2.62. The summed E-state index contributed by atoms with van der Waals surface area (Å²) in [6.45, 7) is 0. The van der Waals surface area contributed by atoms with E-state index in [1.807, 2.05) is 30.0 Å². The summed E-state index contributed by atoms with van der Waals surface area (Å²) < 4.78 is -0.160. The van der Waals surface area contributed by atoms with E-state index in [0.717, 1.165) is 30.6 Å². The Bertz CT molecular complexity index is 318. The Kier molecular flexibility index (Phi) is 3.76. The molecule has 1 nitrogen and oxygen atoms in total. The molecule has 0 spiro atoms. The Morgan fingerprint density at radius 1 is 1.20 bits per heavy atom. The maximum atomic E-state index is 11.3. The molecule has 1 aliphatic heterocycles. The van der Waals surface area contributed by atoms with Crippen molar-refractivity contribution < 1.29 is 4.79 Å². The van der Waals surface area contributed by atoms with E-state index in [9.17, 15) is 4.79 Å². The van der Waals surface area contributed by atoms with Gasteiger partial charge in [-0.25, -0.2) is 0 Å². The fourth-order valence-corrected chi connectivity index (χ4v) is 4.38. The number of carbonyl (C=O) groups excluding carboxylic acids is 1. The lowest BCUT2D eigenvalue weighted by Crippen LogP contribution is -2.31. The second kappa shape index (κ2) is 5.08. The highest BCUT2D eigenvalue weighted by molar-refractivity contribution is 8.02. The Morgan fingerprint density at radius 3 is 2.47 bits per heavy atom. The van der Waals surface area contributed by atoms with Crippen molar-refractivity contribution in [2.45, 2.75) is 22.5 Å². The van der Waals surface area contributed by atoms with Crippen LogP contribution in [-0.4, -0.2) is 22.5 Å². The monoisotopic (exact) mass is 238 g/mol. The van der Waals surface area contributed by atoms with Crippen LogP contribution in [0.3, 0.4) is 0 Å². The molecule has 0 atom stereocenters. The van der Waals surface area contributed by atoms with E-state index in [1.54, 1.807) is 11.8 Å². The van der Waals surface area contributed by atoms with Gasteiger partial charge in [0.15, 0.2) is 0 Å². The molecular weight excluding hydrogens is 224 g/mol. The van der Waals surface area contributed by atoms with Crippen LogP contribution in [-0.2, 0) is 4.79 Å². The molecule has 15 heavy (non-hydrogen) atoms. The average Bonchev–Trinajstić information content (AvgIpc) is 2.32. The fourth-order valence-electron chi connectivity index (χ4n) is 1.68. The Morgan fingerprint density at radius 2 is 1.87 bits per heavy atom. The van der Waals surface area contributed by atoms with Crippen LogP contribution in [0.5, 0.6) is 0 Å². The van der Waals surface area contributed by atoms with Gasteiger partial charge in [0.1, 0.15) is 6.29 Å². The quantitative estimate of drug-likeness (QED) is 0.753. The normalized spacial score (nSPS) is 19.7. The van der Waals surface area contributed by atoms with E-state index in [2.05, 4.69) is 12.1 Å². The number of rotatable bonds is 3. The molecule has 0 radical (unpaired) electrons. The minimum Gasteiger partial charge on any atom is -0.302 e. The Balaban J connectivity index is 2.10. The number of benzene rings is 1. The summed E-state index contributed by atoms with van der Waals surface area (Å²) in [7, 11) is 0. The van der Waals surface area contributed by atoms with Crippen LogP contribution in [0.4, 0.5) is 0 Å². The number of hydrogen-bond acceptors (Lipinski definition) is 3. The van der Waals surface area contributed by atoms with Crippen molar-refractivity contribution in [3.05, 3.63) is 30.3 Å². The lowest BCUT2D eigenvalue weighted by atomic mass is 10.0. The van der Waals surface area contributed by atoms with Gasteiger partial charge in [0.25, 0.3) is 0 Å². The van der Waals surface area contributed by atoms with E-state index in [-0.39, 0.29) is 4.75 Å². The van der Waals surface area contributed by atoms with Gasteiger partial charge in [-0.2, -0.15) is 11.8 Å². The Labute approximate surface area is 99.0 Å². The molecule has 0 saturated carbocycles. The minimum atomic E-state index is -0.160. The topological polar surface area (TPSA) is 17.1 Å². The molecule has 1 fully saturated rings. The summed E-state index contributed by atoms with van der Waals surface area (Å²) in [5.41, 5.74) is 0. The van der Waals surface area contributed by atoms with Gasteiger partial charge in [-0.15, -0.1) is 11.8 Å². The highest BCUT2D eigenvalue weighted by atomic mass is 32.2. The van der Waals surface area contributed by atoms with Crippen molar-refractivity contribution in [1.82, 2.24) is 0 Å². The Hall–Kier alpha value is -0.410. The van der Waals surface area contributed by atoms with Crippen molar-refractivity contribution in [2.75, 3.05) is 11.5 Å². The minimum absolute atomic E-state index is 0.160. The van der Waals surface area contributed by atoms with Crippen LogP contribution in [0.25, 0.3) is 0 Å². The molecule has 0 aromatic heterocycles. The summed E-state index contributed by atoms with van der Waals surface area (Å²) >= 11 is 3.68. The van der Waals surface area contributed by atoms with Gasteiger partial charge in [0.05, 0.1) is 4.75 Å². The smallest absolute Gasteiger partial charge is 0.136 e. The largest absolute Gasteiger partial charge is 0.302 e. The SMILES string of the molecule is O=CC1(Sc2ccccc2)CCSCC1. The fraction of sp³-hybridized carbons (Fsp3) is 0.417. The van der Waals surface area contributed by atoms with E-state index in [1.165, 1.54) is 4.90 Å². The van der Waals surface area contributed by atoms with E-state index in [0.29, 0.717) is 0 Å². The van der Waals surface area contributed by atoms with Crippen LogP contribution in [0.1, 0.15) is 12.8 Å². The number of thioether (sulfide) groups is 2. The van der Waals surface area contributed by atoms with Crippen molar-refractivity contribution in [1.29, 1.82) is 0 Å². The summed E-state index contributed by atoms with van der Waals surface area (Å²) in [6.07, 6.45) is 3.16. The first-order valence-electron chi connectivity index (χ1n) is 5.13. The molecule has 0 bridgehead atoms. The molecule has 1 saturated heterocycles. The van der Waals surface area contributed by atoms with E-state index >= 15 is 0 Å². The van der Waals surface area contributed by atoms with Gasteiger partial charge in [-0.1, -0.05) is 18.2 Å². The van der Waals surface area contributed by atoms with Crippen molar-refractivity contribution in [2.24, 2.45) is 0 Å². The molecule has 80 valence electrons. The molecule has 0 amide bonds. The average molecular weight is 238 g/mol. The highest BCUT2D eigenvalue weighted by Gasteiger charge is 2.32. The van der Waals surface area contributed by atoms with Crippen LogP contribution in [0.15, 0.2) is 35.2 Å². The third kappa shape index (κ3) is 2.79. The summed E-state index contributed by atoms with van der Waals surface area (Å²) in [6, 6.07) is 10.2. The molecule has 2 rings (SSSR count). The van der Waals surface area contributed by atoms with Crippen LogP contribution >= 0.6 is 23.5 Å². The van der Waals surface area contributed by atoms with Crippen molar-refractivity contribution in [3.8, 4) is 0 Å². The van der Waals surface area contributed by atoms with Crippen LogP contribution in [0.2, 0.25) is 0 Å². The second-order valence-corrected chi connectivity index (χ2v) is 6.42. The molecule has 1 heterocycles. The van der Waals surface area contributed by atoms with E-state index < -0.39 is 0 Å². The van der Waals surface area contributed by atoms with Crippen LogP contribution in [0, 0.1) is 0 Å². The first kappa shape index (κ1) is 11.1. The van der Waals surface area contributed by atoms with Gasteiger partial charge in [-0.05, 0) is 36.5 Å². The zero-order valence-corrected chi connectivity index (χ0v) is 10.2. The predicted octanol–water partition coefficient (Wildman–Crippen LogP) is 3.24. The lowest BCUT2D eigenvalue weighted by molar-refractivity contribution is -0.110. The molecule has 0 aliphatic carbocycles. The zero-order valence-electron chi connectivity index (χ0n) is 8.52. The number of aldehydes is 1. The summed E-state index contributed by atoms with van der Waals surface area (Å²) in [4.78, 5) is 12.5. The molecule has 3 heteroatoms. The van der Waals surface area contributed by atoms with Crippen molar-refractivity contribution in [3.63, 3.8) is 0 Å². The van der Waals surface area contributed by atoms with Crippen molar-refractivity contribution >= 4 is 29.8 Å². The number of carbonyl (C=O) groups is 1. The zero-order chi connectivity index (χ0) is 10.6. The first-order chi connectivity index (χ1) is 7.35. The maximum absolute atomic E-state index is 11.3. The second-order valence-electron chi connectivity index (χ2n) is 3.71. The molecule has 1 aliphatic rings. The van der Waals surface area contributed by atoms with Gasteiger partial charge in [-0.3, -0.25) is 0 Å². The maximum Gasteiger partial charge on any atom is 0.136 e. The first-order valence-corrected chi connectivity index (χ1v) is 7.10. The summed E-state index contributed by atoms with van der Waals surface area (Å²) in [5, 5.41) is 0. The molecule has 0 N–H and O–H groups in total. The number of hydrogen-bond donors (Lipinski definition) is 0. The highest BCUT2D eigenvalue weighted by Crippen LogP contribution is 2.41. The molecule has 1 aromatic rings. The van der Waals surface area contributed by atoms with E-state index in [4.69, 9.17) is 0 Å². The van der Waals surface area contributed by atoms with Gasteiger partial charge < -0.3 is 4.79 Å². The third-order valence-corrected chi connectivity index (χ3v) is 5.02. The molecule has 1 aromatic carbocycles. The lowest BCUT2D eigenvalue weighted by Gasteiger charge is -2.30. The molecular formula is C12H14OS2. The van der Waals surface area contributed by atoms with Gasteiger partial charge in [0.2, 0.25) is 0 Å². The predicted molar refractivity (Wildman–Crippen MR) is 67.7 cm³/mol. The summed E-state index contributed by atoms with van der Waals surface area (Å²) in [5.74, 6) is 2.22. The standard InChI is InChI=1S/C12H14OS2/c13-10-12(6-8-14-9-7-12)15-11-4-2-1-3-5-11/h1-5,10H,6-9H2.